The number of nitrogens with one attached hydrogen (secondary N) is 2. The Hall–Kier alpha value is -2.60. The Balaban J connectivity index is 2.14. The first kappa shape index (κ1) is 14.8. The van der Waals surface area contributed by atoms with E-state index in [0.29, 0.717) is 10.6 Å². The number of aromatic nitrogens is 1. The fourth-order valence-corrected chi connectivity index (χ4v) is 1.76. The number of carbonyl (C=O) groups excluding carboxylic acids is 1. The van der Waals surface area contributed by atoms with E-state index in [9.17, 15) is 14.0 Å². The third-order valence-electron chi connectivity index (χ3n) is 2.55. The molecule has 1 aromatic carbocycles. The predicted molar refractivity (Wildman–Crippen MR) is 76.8 cm³/mol. The van der Waals surface area contributed by atoms with E-state index in [1.807, 2.05) is 0 Å². The molecule has 0 saturated heterocycles. The summed E-state index contributed by atoms with van der Waals surface area (Å²) in [5.41, 5.74) is 0.559. The minimum atomic E-state index is -1.13. The van der Waals surface area contributed by atoms with Gasteiger partial charge in [-0.05, 0) is 29.8 Å². The van der Waals surface area contributed by atoms with E-state index >= 15 is 0 Å². The Morgan fingerprint density at radius 2 is 2.10 bits per heavy atom. The number of hydrogen-bond donors (Lipinski definition) is 3. The van der Waals surface area contributed by atoms with Gasteiger partial charge in [0.25, 0.3) is 5.91 Å². The number of anilines is 1. The maximum atomic E-state index is 13.8. The molecule has 0 aliphatic rings. The summed E-state index contributed by atoms with van der Waals surface area (Å²) < 4.78 is 13.8. The van der Waals surface area contributed by atoms with Gasteiger partial charge in [0.2, 0.25) is 0 Å². The second kappa shape index (κ2) is 6.23. The Kier molecular flexibility index (Phi) is 4.39. The third kappa shape index (κ3) is 3.93. The highest BCUT2D eigenvalue weighted by atomic mass is 35.5. The van der Waals surface area contributed by atoms with Gasteiger partial charge >= 0.3 is 5.97 Å². The molecular formula is C14H10ClFN2O3. The summed E-state index contributed by atoms with van der Waals surface area (Å²) in [6.45, 7) is 0. The number of amides is 1. The molecule has 0 spiro atoms. The van der Waals surface area contributed by atoms with E-state index in [1.54, 1.807) is 0 Å². The summed E-state index contributed by atoms with van der Waals surface area (Å²) in [7, 11) is 0. The normalized spacial score (nSPS) is 10.8. The molecule has 2 rings (SSSR count). The first-order chi connectivity index (χ1) is 9.95. The van der Waals surface area contributed by atoms with E-state index in [0.717, 1.165) is 12.1 Å². The largest absolute Gasteiger partial charge is 0.478 e. The van der Waals surface area contributed by atoms with E-state index in [2.05, 4.69) is 10.3 Å². The van der Waals surface area contributed by atoms with Crippen molar-refractivity contribution in [3.8, 4) is 0 Å². The zero-order valence-electron chi connectivity index (χ0n) is 10.6. The van der Waals surface area contributed by atoms with Crippen LogP contribution < -0.4 is 5.32 Å². The van der Waals surface area contributed by atoms with Gasteiger partial charge in [0, 0.05) is 12.3 Å². The van der Waals surface area contributed by atoms with Crippen molar-refractivity contribution in [2.45, 2.75) is 0 Å². The molecule has 3 N–H and O–H groups in total. The van der Waals surface area contributed by atoms with Crippen LogP contribution in [-0.4, -0.2) is 22.0 Å². The average Bonchev–Trinajstić information content (AvgIpc) is 2.86. The summed E-state index contributed by atoms with van der Waals surface area (Å²) >= 11 is 5.68. The summed E-state index contributed by atoms with van der Waals surface area (Å²) in [5.74, 6) is -2.33. The maximum Gasteiger partial charge on any atom is 0.328 e. The molecule has 5 nitrogen and oxygen atoms in total. The van der Waals surface area contributed by atoms with Crippen molar-refractivity contribution in [2.24, 2.45) is 0 Å². The van der Waals surface area contributed by atoms with Gasteiger partial charge in [0.1, 0.15) is 11.5 Å². The first-order valence-corrected chi connectivity index (χ1v) is 6.19. The van der Waals surface area contributed by atoms with Crippen LogP contribution in [0.3, 0.4) is 0 Å². The van der Waals surface area contributed by atoms with Crippen LogP contribution in [0, 0.1) is 5.82 Å². The van der Waals surface area contributed by atoms with Crippen molar-refractivity contribution in [2.75, 3.05) is 5.32 Å². The quantitative estimate of drug-likeness (QED) is 0.759. The number of carboxylic acid groups (broad SMARTS) is 1. The van der Waals surface area contributed by atoms with Crippen LogP contribution in [-0.2, 0) is 4.79 Å². The van der Waals surface area contributed by atoms with Gasteiger partial charge in [-0.1, -0.05) is 17.7 Å². The maximum absolute atomic E-state index is 13.8. The summed E-state index contributed by atoms with van der Waals surface area (Å²) in [5, 5.41) is 11.3. The molecule has 21 heavy (non-hydrogen) atoms. The van der Waals surface area contributed by atoms with Crippen molar-refractivity contribution >= 4 is 35.2 Å². The number of benzene rings is 1. The lowest BCUT2D eigenvalue weighted by Gasteiger charge is -2.06. The highest BCUT2D eigenvalue weighted by Crippen LogP contribution is 2.18. The van der Waals surface area contributed by atoms with Gasteiger partial charge in [-0.25, -0.2) is 9.18 Å². The smallest absolute Gasteiger partial charge is 0.328 e. The molecule has 1 amide bonds. The fraction of sp³-hybridized carbons (Fsp3) is 0. The monoisotopic (exact) mass is 308 g/mol. The number of aromatic amines is 1. The molecule has 0 unspecified atom stereocenters. The highest BCUT2D eigenvalue weighted by molar-refractivity contribution is 6.31. The fourth-order valence-electron chi connectivity index (χ4n) is 1.59. The summed E-state index contributed by atoms with van der Waals surface area (Å²) in [4.78, 5) is 24.8. The number of carbonyl (C=O) groups is 2. The molecule has 1 aromatic heterocycles. The lowest BCUT2D eigenvalue weighted by Crippen LogP contribution is -2.13. The van der Waals surface area contributed by atoms with Gasteiger partial charge < -0.3 is 15.4 Å². The molecule has 108 valence electrons. The Morgan fingerprint density at radius 1 is 1.33 bits per heavy atom. The van der Waals surface area contributed by atoms with Crippen molar-refractivity contribution in [3.63, 3.8) is 0 Å². The number of halogens is 2. The number of aliphatic carboxylic acids is 1. The topological polar surface area (TPSA) is 82.2 Å². The van der Waals surface area contributed by atoms with Crippen molar-refractivity contribution in [1.82, 2.24) is 4.98 Å². The van der Waals surface area contributed by atoms with Crippen molar-refractivity contribution < 1.29 is 19.1 Å². The molecule has 2 aromatic rings. The molecule has 1 heterocycles. The number of hydrogen-bond acceptors (Lipinski definition) is 2. The molecule has 0 fully saturated rings. The van der Waals surface area contributed by atoms with Crippen LogP contribution in [0.1, 0.15) is 16.1 Å². The molecule has 7 heteroatoms. The Labute approximate surface area is 124 Å². The van der Waals surface area contributed by atoms with E-state index in [1.165, 1.54) is 30.5 Å². The van der Waals surface area contributed by atoms with E-state index in [4.69, 9.17) is 16.7 Å². The van der Waals surface area contributed by atoms with Gasteiger partial charge in [-0.3, -0.25) is 4.79 Å². The minimum Gasteiger partial charge on any atom is -0.478 e. The predicted octanol–water partition coefficient (Wildman–Crippen LogP) is 3.16. The van der Waals surface area contributed by atoms with Crippen molar-refractivity contribution in [1.29, 1.82) is 0 Å². The summed E-state index contributed by atoms with van der Waals surface area (Å²) in [6, 6.07) is 5.37. The van der Waals surface area contributed by atoms with Crippen LogP contribution >= 0.6 is 11.6 Å². The lowest BCUT2D eigenvalue weighted by atomic mass is 10.2. The first-order valence-electron chi connectivity index (χ1n) is 5.81. The minimum absolute atomic E-state index is 0.0156. The van der Waals surface area contributed by atoms with Crippen LogP contribution in [0.5, 0.6) is 0 Å². The summed E-state index contributed by atoms with van der Waals surface area (Å²) in [6.07, 6.45) is 3.59. The van der Waals surface area contributed by atoms with Gasteiger partial charge in [-0.15, -0.1) is 0 Å². The average molecular weight is 309 g/mol. The molecular weight excluding hydrogens is 299 g/mol. The zero-order valence-corrected chi connectivity index (χ0v) is 11.3. The Bertz CT molecular complexity index is 725. The van der Waals surface area contributed by atoms with Gasteiger partial charge in [-0.2, -0.15) is 0 Å². The molecule has 0 aliphatic heterocycles. The number of H-pyrrole nitrogens is 1. The second-order valence-electron chi connectivity index (χ2n) is 4.10. The van der Waals surface area contributed by atoms with Gasteiger partial charge in [0.15, 0.2) is 0 Å². The zero-order chi connectivity index (χ0) is 15.4. The highest BCUT2D eigenvalue weighted by Gasteiger charge is 2.11. The molecule has 0 bridgehead atoms. The molecule has 0 radical (unpaired) electrons. The lowest BCUT2D eigenvalue weighted by molar-refractivity contribution is -0.131. The van der Waals surface area contributed by atoms with Crippen LogP contribution in [0.2, 0.25) is 5.02 Å². The van der Waals surface area contributed by atoms with Crippen LogP contribution in [0.4, 0.5) is 10.1 Å². The van der Waals surface area contributed by atoms with Crippen molar-refractivity contribution in [3.05, 3.63) is 58.6 Å². The van der Waals surface area contributed by atoms with Crippen LogP contribution in [0.15, 0.2) is 36.5 Å². The van der Waals surface area contributed by atoms with E-state index in [-0.39, 0.29) is 11.4 Å². The number of rotatable bonds is 4. The number of carboxylic acids is 1. The van der Waals surface area contributed by atoms with Gasteiger partial charge in [0.05, 0.1) is 10.7 Å². The standard InChI is InChI=1S/C14H10ClFN2O3/c15-9-6-12(17-7-9)14(21)18-11-3-1-8(5-10(11)16)2-4-13(19)20/h1-7,17H,(H,18,21)(H,19,20). The molecule has 0 atom stereocenters. The third-order valence-corrected chi connectivity index (χ3v) is 2.77. The molecule has 0 aliphatic carbocycles. The second-order valence-corrected chi connectivity index (χ2v) is 4.53. The molecule has 0 saturated carbocycles. The van der Waals surface area contributed by atoms with E-state index < -0.39 is 17.7 Å². The SMILES string of the molecule is O=C(O)C=Cc1ccc(NC(=O)c2cc(Cl)c[nH]2)c(F)c1. The van der Waals surface area contributed by atoms with Crippen LogP contribution in [0.25, 0.3) is 6.08 Å². The Morgan fingerprint density at radius 3 is 2.67 bits per heavy atom.